The number of nitrogens with two attached hydrogens (primary N) is 1. The Morgan fingerprint density at radius 1 is 1.43 bits per heavy atom. The van der Waals surface area contributed by atoms with Crippen molar-refractivity contribution in [3.8, 4) is 17.6 Å². The number of ether oxygens (including phenoxy) is 3. The normalized spacial score (nSPS) is 21.7. The second kappa shape index (κ2) is 10.5. The number of amides is 2. The van der Waals surface area contributed by atoms with Crippen molar-refractivity contribution in [1.29, 1.82) is 0 Å². The summed E-state index contributed by atoms with van der Waals surface area (Å²) in [6.07, 6.45) is 0.284. The fraction of sp³-hybridized carbons (Fsp3) is 0.524. The van der Waals surface area contributed by atoms with E-state index in [2.05, 4.69) is 17.3 Å². The zero-order valence-corrected chi connectivity index (χ0v) is 18.5. The van der Waals surface area contributed by atoms with Gasteiger partial charge in [-0.25, -0.2) is 0 Å². The highest BCUT2D eigenvalue weighted by Gasteiger charge is 2.46. The van der Waals surface area contributed by atoms with Crippen LogP contribution >= 0.6 is 11.6 Å². The van der Waals surface area contributed by atoms with E-state index in [1.165, 1.54) is 12.1 Å². The van der Waals surface area contributed by atoms with Crippen LogP contribution in [0.25, 0.3) is 0 Å². The Balaban J connectivity index is 2.40. The maximum absolute atomic E-state index is 13.3. The number of hydrogen-bond donors (Lipinski definition) is 2. The number of carbonyl (C=O) groups is 2. The molecular formula is C21H29ClN3O5+. The molecule has 3 N–H and O–H groups in total. The largest absolute Gasteiger partial charge is 0.541 e. The van der Waals surface area contributed by atoms with E-state index in [0.29, 0.717) is 13.0 Å². The quantitative estimate of drug-likeness (QED) is 0.416. The van der Waals surface area contributed by atoms with Gasteiger partial charge in [0, 0.05) is 19.6 Å². The van der Waals surface area contributed by atoms with Crippen LogP contribution in [0.5, 0.6) is 5.75 Å². The van der Waals surface area contributed by atoms with Gasteiger partial charge >= 0.3 is 6.09 Å². The Labute approximate surface area is 182 Å². The van der Waals surface area contributed by atoms with Crippen molar-refractivity contribution < 1.29 is 28.4 Å². The highest BCUT2D eigenvalue weighted by atomic mass is 35.5. The van der Waals surface area contributed by atoms with E-state index in [1.807, 2.05) is 0 Å². The molecule has 2 rings (SSSR count). The van der Waals surface area contributed by atoms with Crippen molar-refractivity contribution in [2.75, 3.05) is 32.5 Å². The Kier molecular flexibility index (Phi) is 8.35. The van der Waals surface area contributed by atoms with Crippen molar-refractivity contribution in [3.05, 3.63) is 22.7 Å². The average molecular weight is 439 g/mol. The molecule has 9 heteroatoms. The second-order valence-electron chi connectivity index (χ2n) is 7.04. The van der Waals surface area contributed by atoms with E-state index in [9.17, 15) is 9.59 Å². The predicted octanol–water partition coefficient (Wildman–Crippen LogP) is 3.14. The van der Waals surface area contributed by atoms with E-state index < -0.39 is 18.1 Å². The lowest BCUT2D eigenvalue weighted by molar-refractivity contribution is -0.900. The van der Waals surface area contributed by atoms with Crippen molar-refractivity contribution in [1.82, 2.24) is 5.43 Å². The van der Waals surface area contributed by atoms with Crippen molar-refractivity contribution >= 4 is 29.3 Å². The molecule has 0 saturated carbocycles. The molecule has 1 heterocycles. The van der Waals surface area contributed by atoms with E-state index in [0.717, 1.165) is 6.42 Å². The van der Waals surface area contributed by atoms with Gasteiger partial charge < -0.3 is 19.9 Å². The molecular weight excluding hydrogens is 410 g/mol. The van der Waals surface area contributed by atoms with E-state index in [1.54, 1.807) is 27.9 Å². The van der Waals surface area contributed by atoms with Gasteiger partial charge in [0.15, 0.2) is 6.10 Å². The number of benzene rings is 1. The number of anilines is 1. The molecule has 164 valence electrons. The van der Waals surface area contributed by atoms with Gasteiger partial charge in [0.25, 0.3) is 5.91 Å². The molecule has 0 aromatic heterocycles. The number of hydrogen-bond acceptors (Lipinski definition) is 6. The lowest BCUT2D eigenvalue weighted by Crippen LogP contribution is -2.68. The predicted molar refractivity (Wildman–Crippen MR) is 114 cm³/mol. The number of nitrogen functional groups attached to an aromatic ring is 1. The molecule has 1 aromatic rings. The van der Waals surface area contributed by atoms with E-state index in [4.69, 9.17) is 31.5 Å². The van der Waals surface area contributed by atoms with Gasteiger partial charge in [-0.3, -0.25) is 4.79 Å². The maximum Gasteiger partial charge on any atom is 0.541 e. The summed E-state index contributed by atoms with van der Waals surface area (Å²) in [6, 6.07) is 2.90. The zero-order chi connectivity index (χ0) is 22.3. The van der Waals surface area contributed by atoms with Crippen molar-refractivity contribution in [3.63, 3.8) is 0 Å². The minimum Gasteiger partial charge on any atom is -0.477 e. The van der Waals surface area contributed by atoms with Gasteiger partial charge in [-0.15, -0.1) is 10.5 Å². The van der Waals surface area contributed by atoms with Crippen LogP contribution in [0, 0.1) is 11.8 Å². The fourth-order valence-corrected chi connectivity index (χ4v) is 3.56. The van der Waals surface area contributed by atoms with Crippen LogP contribution in [0.15, 0.2) is 12.1 Å². The third kappa shape index (κ3) is 5.57. The first kappa shape index (κ1) is 23.8. The number of methoxy groups -OCH3 is 1. The first-order chi connectivity index (χ1) is 14.3. The zero-order valence-electron chi connectivity index (χ0n) is 17.8. The Morgan fingerprint density at radius 2 is 2.17 bits per heavy atom. The topological polar surface area (TPSA) is 99.9 Å². The van der Waals surface area contributed by atoms with Gasteiger partial charge in [0.1, 0.15) is 24.9 Å². The number of quaternary nitrogens is 1. The molecule has 8 nitrogen and oxygen atoms in total. The van der Waals surface area contributed by atoms with E-state index in [-0.39, 0.29) is 45.9 Å². The molecule has 0 aliphatic carbocycles. The number of halogens is 1. The summed E-state index contributed by atoms with van der Waals surface area (Å²) < 4.78 is 16.1. The smallest absolute Gasteiger partial charge is 0.477 e. The molecule has 2 amide bonds. The first-order valence-corrected chi connectivity index (χ1v) is 10.2. The van der Waals surface area contributed by atoms with Crippen molar-refractivity contribution in [2.45, 2.75) is 45.8 Å². The minimum atomic E-state index is -0.540. The number of nitrogens with one attached hydrogen (secondary N) is 1. The van der Waals surface area contributed by atoms with Crippen LogP contribution in [0.2, 0.25) is 5.02 Å². The van der Waals surface area contributed by atoms with Crippen molar-refractivity contribution in [2.24, 2.45) is 0 Å². The molecule has 0 bridgehead atoms. The standard InChI is InChI=1S/C21H28ClN3O5/c1-5-8-14(3)30-19-12-18(23)17(22)11-16(19)20(26)24-25(21(27)29-6-2)10-7-9-15(13-25)28-4/h11-12,14-15H,6-7,9-10,13H2,1-4H3,(H2-,23,24,26)/p+1. The van der Waals surface area contributed by atoms with Gasteiger partial charge in [0.2, 0.25) is 0 Å². The van der Waals surface area contributed by atoms with E-state index >= 15 is 0 Å². The highest BCUT2D eigenvalue weighted by Crippen LogP contribution is 2.30. The number of rotatable bonds is 5. The molecule has 1 fully saturated rings. The lowest BCUT2D eigenvalue weighted by Gasteiger charge is -2.38. The average Bonchev–Trinajstić information content (AvgIpc) is 2.70. The third-order valence-electron chi connectivity index (χ3n) is 4.84. The molecule has 1 saturated heterocycles. The molecule has 0 spiro atoms. The van der Waals surface area contributed by atoms with Crippen LogP contribution in [-0.2, 0) is 9.47 Å². The van der Waals surface area contributed by atoms with Gasteiger partial charge in [-0.2, -0.15) is 10.2 Å². The maximum atomic E-state index is 13.3. The van der Waals surface area contributed by atoms with Gasteiger partial charge in [-0.1, -0.05) is 17.5 Å². The summed E-state index contributed by atoms with van der Waals surface area (Å²) in [5.41, 5.74) is 9.14. The minimum absolute atomic E-state index is 0.153. The van der Waals surface area contributed by atoms with Crippen LogP contribution in [0.3, 0.4) is 0 Å². The Morgan fingerprint density at radius 3 is 2.80 bits per heavy atom. The SMILES string of the molecule is CC#CC(C)Oc1cc(N)c(Cl)cc1C(=O)N[N+]1(C(=O)OCC)CCCC(OC)C1. The molecule has 1 aromatic carbocycles. The van der Waals surface area contributed by atoms with Crippen LogP contribution < -0.4 is 15.9 Å². The molecule has 30 heavy (non-hydrogen) atoms. The molecule has 1 aliphatic heterocycles. The summed E-state index contributed by atoms with van der Waals surface area (Å²) in [5, 5.41) is 0.206. The van der Waals surface area contributed by atoms with Gasteiger partial charge in [-0.05, 0) is 33.3 Å². The van der Waals surface area contributed by atoms with Crippen LogP contribution in [0.4, 0.5) is 10.5 Å². The summed E-state index contributed by atoms with van der Waals surface area (Å²) in [4.78, 5) is 26.1. The van der Waals surface area contributed by atoms with Crippen LogP contribution in [0.1, 0.15) is 44.0 Å². The second-order valence-corrected chi connectivity index (χ2v) is 7.45. The summed E-state index contributed by atoms with van der Waals surface area (Å²) in [5.74, 6) is 5.32. The number of nitrogens with zero attached hydrogens (tertiary/aromatic N) is 1. The highest BCUT2D eigenvalue weighted by molar-refractivity contribution is 6.33. The monoisotopic (exact) mass is 438 g/mol. The molecule has 0 radical (unpaired) electrons. The molecule has 3 unspecified atom stereocenters. The number of likely N-dealkylation sites (tertiary alicyclic amines) is 1. The van der Waals surface area contributed by atoms with Gasteiger partial charge in [0.05, 0.1) is 22.9 Å². The number of carbonyl (C=O) groups excluding carboxylic acids is 2. The lowest BCUT2D eigenvalue weighted by atomic mass is 10.1. The summed E-state index contributed by atoms with van der Waals surface area (Å²) in [6.45, 7) is 6.01. The number of piperidine rings is 1. The summed E-state index contributed by atoms with van der Waals surface area (Å²) >= 11 is 6.16. The third-order valence-corrected chi connectivity index (χ3v) is 5.17. The summed E-state index contributed by atoms with van der Waals surface area (Å²) in [7, 11) is 1.58. The Hall–Kier alpha value is -2.47. The molecule has 3 atom stereocenters. The Bertz CT molecular complexity index is 851. The fourth-order valence-electron chi connectivity index (χ4n) is 3.39. The van der Waals surface area contributed by atoms with Crippen LogP contribution in [-0.4, -0.2) is 55.6 Å². The first-order valence-electron chi connectivity index (χ1n) is 9.84. The molecule has 1 aliphatic rings.